The van der Waals surface area contributed by atoms with Gasteiger partial charge >= 0.3 is 46.1 Å². The first-order chi connectivity index (χ1) is 2.83. The predicted molar refractivity (Wildman–Crippen MR) is 33.3 cm³/mol. The predicted octanol–water partition coefficient (Wildman–Crippen LogP) is -0.910. The Balaban J connectivity index is -0.00000000296. The van der Waals surface area contributed by atoms with Crippen molar-refractivity contribution in [3.63, 3.8) is 0 Å². The quantitative estimate of drug-likeness (QED) is 0.341. The van der Waals surface area contributed by atoms with Crippen LogP contribution in [0.25, 0.3) is 0 Å². The molecular formula is C2H8Mg2O4. The Hall–Kier alpha value is 0.472. The van der Waals surface area contributed by atoms with Gasteiger partial charge in [0.1, 0.15) is 0 Å². The molecule has 0 fully saturated rings. The second kappa shape index (κ2) is 51.2. The molecule has 4 nitrogen and oxygen atoms in total. The van der Waals surface area contributed by atoms with Gasteiger partial charge in [0.25, 0.3) is 12.9 Å². The van der Waals surface area contributed by atoms with Gasteiger partial charge in [0, 0.05) is 0 Å². The summed E-state index contributed by atoms with van der Waals surface area (Å²) in [7, 11) is 0. The standard InChI is InChI=1S/2CH2O2.2Mg.4H/c2*2-1-3;;;;;;/h2*1H,(H,2,3);;;;;;/q;;2*+2;4*-1. The Morgan fingerprint density at radius 3 is 1.00 bits per heavy atom. The molecule has 0 atom stereocenters. The first-order valence-corrected chi connectivity index (χ1v) is 0.988. The van der Waals surface area contributed by atoms with Crippen molar-refractivity contribution in [2.75, 3.05) is 0 Å². The fourth-order valence-electron chi connectivity index (χ4n) is 0. The second-order valence-electron chi connectivity index (χ2n) is 0.211. The van der Waals surface area contributed by atoms with Crippen LogP contribution in [0.1, 0.15) is 5.71 Å². The first kappa shape index (κ1) is 23.7. The summed E-state index contributed by atoms with van der Waals surface area (Å²) in [6, 6.07) is 0. The molecule has 44 valence electrons. The van der Waals surface area contributed by atoms with Gasteiger partial charge in [-0.2, -0.15) is 0 Å². The summed E-state index contributed by atoms with van der Waals surface area (Å²) < 4.78 is 0. The third kappa shape index (κ3) is 868. The molecule has 0 aliphatic carbocycles. The Labute approximate surface area is 84.5 Å². The molecule has 0 amide bonds. The van der Waals surface area contributed by atoms with Crippen molar-refractivity contribution in [2.45, 2.75) is 0 Å². The van der Waals surface area contributed by atoms with E-state index in [4.69, 9.17) is 19.8 Å². The van der Waals surface area contributed by atoms with E-state index < -0.39 is 0 Å². The number of hydrogen-bond acceptors (Lipinski definition) is 2. The second-order valence-corrected chi connectivity index (χ2v) is 0.211. The summed E-state index contributed by atoms with van der Waals surface area (Å²) in [6.07, 6.45) is 0. The van der Waals surface area contributed by atoms with Gasteiger partial charge in [-0.15, -0.1) is 0 Å². The number of rotatable bonds is 0. The largest absolute Gasteiger partial charge is 2.00 e. The van der Waals surface area contributed by atoms with Crippen molar-refractivity contribution >= 4 is 59.1 Å². The Morgan fingerprint density at radius 1 is 1.00 bits per heavy atom. The minimum atomic E-state index is -0.250. The zero-order valence-corrected chi connectivity index (χ0v) is 7.11. The topological polar surface area (TPSA) is 74.6 Å². The maximum Gasteiger partial charge on any atom is 2.00 e. The zero-order valence-electron chi connectivity index (χ0n) is 8.28. The molecule has 0 aromatic heterocycles. The van der Waals surface area contributed by atoms with Crippen LogP contribution in [0.5, 0.6) is 0 Å². The molecule has 8 heavy (non-hydrogen) atoms. The van der Waals surface area contributed by atoms with Crippen molar-refractivity contribution in [1.82, 2.24) is 0 Å². The normalized spacial score (nSPS) is 3.00. The van der Waals surface area contributed by atoms with Gasteiger partial charge in [-0.25, -0.2) is 0 Å². The van der Waals surface area contributed by atoms with Crippen molar-refractivity contribution < 1.29 is 25.5 Å². The van der Waals surface area contributed by atoms with Crippen LogP contribution in [0, 0.1) is 0 Å². The van der Waals surface area contributed by atoms with Crippen molar-refractivity contribution in [3.8, 4) is 0 Å². The summed E-state index contributed by atoms with van der Waals surface area (Å²) in [5.74, 6) is 0. The maximum absolute atomic E-state index is 8.36. The van der Waals surface area contributed by atoms with E-state index in [0.717, 1.165) is 0 Å². The van der Waals surface area contributed by atoms with Gasteiger partial charge in [0.15, 0.2) is 0 Å². The van der Waals surface area contributed by atoms with Crippen LogP contribution in [0.4, 0.5) is 0 Å². The third-order valence-electron chi connectivity index (χ3n) is 0. The Bertz CT molecular complexity index is 44.0. The first-order valence-electron chi connectivity index (χ1n) is 0.988. The van der Waals surface area contributed by atoms with Crippen LogP contribution in [-0.4, -0.2) is 69.3 Å². The molecule has 2 N–H and O–H groups in total. The van der Waals surface area contributed by atoms with Crippen LogP contribution in [0.2, 0.25) is 0 Å². The van der Waals surface area contributed by atoms with Gasteiger partial charge in [0.05, 0.1) is 0 Å². The number of carboxylic acid groups (broad SMARTS) is 2. The summed E-state index contributed by atoms with van der Waals surface area (Å²) in [6.45, 7) is -0.500. The molecule has 0 heterocycles. The van der Waals surface area contributed by atoms with Gasteiger partial charge in [-0.05, 0) is 0 Å². The van der Waals surface area contributed by atoms with Crippen LogP contribution in [0.15, 0.2) is 0 Å². The smallest absolute Gasteiger partial charge is 1.00 e. The molecule has 0 bridgehead atoms. The molecule has 0 unspecified atom stereocenters. The van der Waals surface area contributed by atoms with E-state index in [1.807, 2.05) is 0 Å². The van der Waals surface area contributed by atoms with E-state index in [-0.39, 0.29) is 64.8 Å². The SMILES string of the molecule is O=CO.O=CO.[H-].[H-].[H-].[H-].[Mg+2].[Mg+2]. The van der Waals surface area contributed by atoms with Gasteiger partial charge < -0.3 is 15.9 Å². The van der Waals surface area contributed by atoms with E-state index >= 15 is 0 Å². The molecular weight excluding hydrogens is 137 g/mol. The van der Waals surface area contributed by atoms with Crippen molar-refractivity contribution in [1.29, 1.82) is 0 Å². The number of carbonyl (C=O) groups is 2. The van der Waals surface area contributed by atoms with Crippen molar-refractivity contribution in [3.05, 3.63) is 0 Å². The minimum absolute atomic E-state index is 0. The molecule has 0 rings (SSSR count). The van der Waals surface area contributed by atoms with Crippen LogP contribution >= 0.6 is 0 Å². The summed E-state index contributed by atoms with van der Waals surface area (Å²) in [5.41, 5.74) is 0. The number of hydrogen-bond donors (Lipinski definition) is 2. The molecule has 0 spiro atoms. The molecule has 0 radical (unpaired) electrons. The summed E-state index contributed by atoms with van der Waals surface area (Å²) >= 11 is 0. The van der Waals surface area contributed by atoms with Gasteiger partial charge in [-0.3, -0.25) is 9.59 Å². The van der Waals surface area contributed by atoms with Crippen LogP contribution in [0.3, 0.4) is 0 Å². The maximum atomic E-state index is 8.36. The van der Waals surface area contributed by atoms with E-state index in [0.29, 0.717) is 0 Å². The van der Waals surface area contributed by atoms with E-state index in [1.54, 1.807) is 0 Å². The van der Waals surface area contributed by atoms with E-state index in [1.165, 1.54) is 0 Å². The van der Waals surface area contributed by atoms with Crippen LogP contribution in [-0.2, 0) is 9.59 Å². The average molecular weight is 145 g/mol. The fourth-order valence-corrected chi connectivity index (χ4v) is 0. The van der Waals surface area contributed by atoms with E-state index in [9.17, 15) is 0 Å². The molecule has 0 aromatic carbocycles. The Kier molecular flexibility index (Phi) is 151. The minimum Gasteiger partial charge on any atom is -1.00 e. The van der Waals surface area contributed by atoms with Crippen molar-refractivity contribution in [2.24, 2.45) is 0 Å². The monoisotopic (exact) mass is 144 g/mol. The Morgan fingerprint density at radius 2 is 1.00 bits per heavy atom. The van der Waals surface area contributed by atoms with Crippen LogP contribution < -0.4 is 0 Å². The summed E-state index contributed by atoms with van der Waals surface area (Å²) in [5, 5.41) is 13.8. The molecule has 0 aliphatic heterocycles. The van der Waals surface area contributed by atoms with Gasteiger partial charge in [0.2, 0.25) is 0 Å². The molecule has 0 aromatic rings. The molecule has 0 saturated heterocycles. The molecule has 0 aliphatic rings. The third-order valence-corrected chi connectivity index (χ3v) is 0. The van der Waals surface area contributed by atoms with E-state index in [2.05, 4.69) is 0 Å². The fraction of sp³-hybridized carbons (Fsp3) is 0. The summed E-state index contributed by atoms with van der Waals surface area (Å²) in [4.78, 5) is 16.7. The molecule has 0 saturated carbocycles. The molecule has 6 heteroatoms. The zero-order chi connectivity index (χ0) is 5.41. The van der Waals surface area contributed by atoms with Gasteiger partial charge in [-0.1, -0.05) is 0 Å². The average Bonchev–Trinajstić information content (AvgIpc) is 1.39.